The number of benzene rings is 1. The van der Waals surface area contributed by atoms with E-state index in [1.54, 1.807) is 0 Å². The predicted molar refractivity (Wildman–Crippen MR) is 117 cm³/mol. The zero-order valence-electron chi connectivity index (χ0n) is 17.9. The van der Waals surface area contributed by atoms with Crippen molar-refractivity contribution in [1.29, 1.82) is 0 Å². The molecule has 3 heterocycles. The first kappa shape index (κ1) is 19.0. The molecule has 0 spiro atoms. The Bertz CT molecular complexity index is 963. The fourth-order valence-corrected chi connectivity index (χ4v) is 4.61. The van der Waals surface area contributed by atoms with Gasteiger partial charge in [-0.15, -0.1) is 0 Å². The van der Waals surface area contributed by atoms with Crippen molar-refractivity contribution in [2.45, 2.75) is 66.2 Å². The zero-order chi connectivity index (χ0) is 19.9. The summed E-state index contributed by atoms with van der Waals surface area (Å²) < 4.78 is 2.03. The Morgan fingerprint density at radius 2 is 1.89 bits per heavy atom. The third kappa shape index (κ3) is 3.41. The lowest BCUT2D eigenvalue weighted by molar-refractivity contribution is 0.303. The first-order chi connectivity index (χ1) is 13.4. The van der Waals surface area contributed by atoms with Gasteiger partial charge in [0.1, 0.15) is 0 Å². The van der Waals surface area contributed by atoms with E-state index in [1.165, 1.54) is 35.5 Å². The van der Waals surface area contributed by atoms with Crippen molar-refractivity contribution < 1.29 is 0 Å². The summed E-state index contributed by atoms with van der Waals surface area (Å²) in [4.78, 5) is 7.05. The summed E-state index contributed by atoms with van der Waals surface area (Å²) in [6.45, 7) is 12.4. The van der Waals surface area contributed by atoms with E-state index < -0.39 is 0 Å². The van der Waals surface area contributed by atoms with E-state index in [-0.39, 0.29) is 5.41 Å². The van der Waals surface area contributed by atoms with E-state index in [2.05, 4.69) is 66.9 Å². The fourth-order valence-electron chi connectivity index (χ4n) is 4.61. The van der Waals surface area contributed by atoms with Gasteiger partial charge in [-0.05, 0) is 55.2 Å². The molecule has 0 amide bonds. The van der Waals surface area contributed by atoms with Gasteiger partial charge in [0.25, 0.3) is 0 Å². The third-order valence-corrected chi connectivity index (χ3v) is 6.00. The first-order valence-corrected chi connectivity index (χ1v) is 10.6. The smallest absolute Gasteiger partial charge is 0.155 e. The highest BCUT2D eigenvalue weighted by Gasteiger charge is 2.26. The molecule has 1 aromatic carbocycles. The molecule has 0 aliphatic carbocycles. The second kappa shape index (κ2) is 7.23. The summed E-state index contributed by atoms with van der Waals surface area (Å²) in [7, 11) is 0. The molecule has 1 aliphatic heterocycles. The second-order valence-corrected chi connectivity index (χ2v) is 9.20. The van der Waals surface area contributed by atoms with E-state index in [0.29, 0.717) is 5.92 Å². The van der Waals surface area contributed by atoms with Crippen LogP contribution in [0.5, 0.6) is 0 Å². The van der Waals surface area contributed by atoms with Gasteiger partial charge < -0.3 is 4.90 Å². The number of hydrogen-bond acceptors (Lipinski definition) is 3. The Hall–Kier alpha value is -2.36. The molecule has 0 saturated carbocycles. The Labute approximate surface area is 168 Å². The van der Waals surface area contributed by atoms with Gasteiger partial charge in [0.2, 0.25) is 0 Å². The lowest BCUT2D eigenvalue weighted by Crippen LogP contribution is -2.26. The van der Waals surface area contributed by atoms with E-state index in [0.717, 1.165) is 30.7 Å². The quantitative estimate of drug-likeness (QED) is 0.555. The van der Waals surface area contributed by atoms with Crippen LogP contribution in [0.3, 0.4) is 0 Å². The Morgan fingerprint density at radius 1 is 1.14 bits per heavy atom. The molecule has 1 atom stereocenters. The summed E-state index contributed by atoms with van der Waals surface area (Å²) in [6, 6.07) is 11.3. The van der Waals surface area contributed by atoms with Crippen LogP contribution in [-0.4, -0.2) is 21.1 Å². The van der Waals surface area contributed by atoms with Gasteiger partial charge in [-0.2, -0.15) is 5.10 Å². The Balaban J connectivity index is 1.68. The molecule has 0 fully saturated rings. The van der Waals surface area contributed by atoms with Gasteiger partial charge >= 0.3 is 0 Å². The van der Waals surface area contributed by atoms with Crippen LogP contribution >= 0.6 is 0 Å². The fraction of sp³-hybridized carbons (Fsp3) is 0.500. The molecule has 4 heteroatoms. The summed E-state index contributed by atoms with van der Waals surface area (Å²) in [5, 5.41) is 4.67. The number of aryl methyl sites for hydroxylation is 2. The number of aromatic nitrogens is 3. The van der Waals surface area contributed by atoms with Crippen molar-refractivity contribution in [3.05, 3.63) is 53.5 Å². The van der Waals surface area contributed by atoms with Crippen molar-refractivity contribution in [1.82, 2.24) is 14.6 Å². The molecule has 1 aliphatic rings. The minimum Gasteiger partial charge on any atom is -0.339 e. The van der Waals surface area contributed by atoms with Gasteiger partial charge in [0.05, 0.1) is 23.3 Å². The minimum absolute atomic E-state index is 0.280. The molecule has 28 heavy (non-hydrogen) atoms. The third-order valence-electron chi connectivity index (χ3n) is 6.00. The average Bonchev–Trinajstić information content (AvgIpc) is 3.06. The molecular formula is C24H32N4. The van der Waals surface area contributed by atoms with Gasteiger partial charge in [0, 0.05) is 18.3 Å². The SMILES string of the molecule is CCC[C@@H](c1ccc(N2CCCc3c2cnc2cc(C)nn32)cc1)C(C)(C)C. The predicted octanol–water partition coefficient (Wildman–Crippen LogP) is 6.05. The molecule has 4 nitrogen and oxygen atoms in total. The van der Waals surface area contributed by atoms with Gasteiger partial charge in [-0.3, -0.25) is 0 Å². The lowest BCUT2D eigenvalue weighted by atomic mass is 9.74. The normalized spacial score (nSPS) is 15.7. The van der Waals surface area contributed by atoms with Gasteiger partial charge in [-0.25, -0.2) is 9.50 Å². The monoisotopic (exact) mass is 376 g/mol. The van der Waals surface area contributed by atoms with Crippen LogP contribution in [-0.2, 0) is 6.42 Å². The van der Waals surface area contributed by atoms with E-state index in [4.69, 9.17) is 0 Å². The molecule has 0 radical (unpaired) electrons. The van der Waals surface area contributed by atoms with Crippen molar-refractivity contribution >= 4 is 17.0 Å². The second-order valence-electron chi connectivity index (χ2n) is 9.20. The highest BCUT2D eigenvalue weighted by molar-refractivity contribution is 5.67. The van der Waals surface area contributed by atoms with E-state index in [1.807, 2.05) is 23.7 Å². The summed E-state index contributed by atoms with van der Waals surface area (Å²) in [6.07, 6.45) is 6.65. The van der Waals surface area contributed by atoms with Crippen molar-refractivity contribution in [3.8, 4) is 0 Å². The minimum atomic E-state index is 0.280. The van der Waals surface area contributed by atoms with Crippen LogP contribution in [0.1, 0.15) is 69.8 Å². The molecule has 0 saturated heterocycles. The highest BCUT2D eigenvalue weighted by Crippen LogP contribution is 2.40. The number of anilines is 2. The molecule has 2 aromatic heterocycles. The van der Waals surface area contributed by atoms with Crippen LogP contribution in [0.25, 0.3) is 5.65 Å². The number of fused-ring (bicyclic) bond motifs is 3. The summed E-state index contributed by atoms with van der Waals surface area (Å²) in [5.41, 5.74) is 7.41. The molecule has 3 aromatic rings. The number of nitrogens with zero attached hydrogens (tertiary/aromatic N) is 4. The van der Waals surface area contributed by atoms with E-state index >= 15 is 0 Å². The summed E-state index contributed by atoms with van der Waals surface area (Å²) >= 11 is 0. The molecule has 0 bridgehead atoms. The molecular weight excluding hydrogens is 344 g/mol. The first-order valence-electron chi connectivity index (χ1n) is 10.6. The average molecular weight is 377 g/mol. The number of rotatable bonds is 4. The van der Waals surface area contributed by atoms with Crippen molar-refractivity contribution in [2.75, 3.05) is 11.4 Å². The van der Waals surface area contributed by atoms with Crippen LogP contribution in [0.4, 0.5) is 11.4 Å². The topological polar surface area (TPSA) is 33.4 Å². The number of hydrogen-bond donors (Lipinski definition) is 0. The van der Waals surface area contributed by atoms with Crippen molar-refractivity contribution in [2.24, 2.45) is 5.41 Å². The standard InChI is InChI=1S/C24H32N4/c1-6-8-20(24(3,4)5)18-10-12-19(13-11-18)27-14-7-9-21-22(27)16-25-23-15-17(2)26-28(21)23/h10-13,15-16,20H,6-9,14H2,1-5H3/t20-/m0/s1. The van der Waals surface area contributed by atoms with Crippen LogP contribution in [0, 0.1) is 12.3 Å². The molecule has 148 valence electrons. The largest absolute Gasteiger partial charge is 0.339 e. The maximum absolute atomic E-state index is 4.67. The lowest BCUT2D eigenvalue weighted by Gasteiger charge is -2.33. The van der Waals surface area contributed by atoms with Crippen LogP contribution in [0.2, 0.25) is 0 Å². The van der Waals surface area contributed by atoms with Gasteiger partial charge in [-0.1, -0.05) is 46.2 Å². The summed E-state index contributed by atoms with van der Waals surface area (Å²) in [5.74, 6) is 0.591. The molecule has 0 unspecified atom stereocenters. The van der Waals surface area contributed by atoms with E-state index in [9.17, 15) is 0 Å². The van der Waals surface area contributed by atoms with Crippen LogP contribution < -0.4 is 4.90 Å². The maximum Gasteiger partial charge on any atom is 0.155 e. The Morgan fingerprint density at radius 3 is 2.57 bits per heavy atom. The van der Waals surface area contributed by atoms with Gasteiger partial charge in [0.15, 0.2) is 5.65 Å². The highest BCUT2D eigenvalue weighted by atomic mass is 15.3. The maximum atomic E-state index is 4.67. The Kier molecular flexibility index (Phi) is 4.90. The zero-order valence-corrected chi connectivity index (χ0v) is 17.9. The van der Waals surface area contributed by atoms with Crippen molar-refractivity contribution in [3.63, 3.8) is 0 Å². The molecule has 4 rings (SSSR count). The van der Waals surface area contributed by atoms with Crippen LogP contribution in [0.15, 0.2) is 36.5 Å². The molecule has 0 N–H and O–H groups in total.